The Kier molecular flexibility index (Phi) is 9.64. The number of rotatable bonds is 11. The zero-order valence-electron chi connectivity index (χ0n) is 19.6. The zero-order chi connectivity index (χ0) is 25.2. The van der Waals surface area contributed by atoms with Crippen molar-refractivity contribution in [3.63, 3.8) is 0 Å². The van der Waals surface area contributed by atoms with Crippen LogP contribution in [0.25, 0.3) is 0 Å². The van der Waals surface area contributed by atoms with Gasteiger partial charge >= 0.3 is 0 Å². The van der Waals surface area contributed by atoms with E-state index in [1.165, 1.54) is 13.3 Å². The van der Waals surface area contributed by atoms with Crippen molar-refractivity contribution in [2.24, 2.45) is 5.10 Å². The minimum atomic E-state index is -0.397. The molecule has 0 unspecified atom stereocenters. The van der Waals surface area contributed by atoms with Crippen LogP contribution in [0.15, 0.2) is 59.7 Å². The van der Waals surface area contributed by atoms with Gasteiger partial charge in [0.15, 0.2) is 23.0 Å². The summed E-state index contributed by atoms with van der Waals surface area (Å²) in [7, 11) is 1.52. The number of benzene rings is 3. The molecule has 0 fully saturated rings. The smallest absolute Gasteiger partial charge is 0.271 e. The first-order valence-electron chi connectivity index (χ1n) is 10.9. The van der Waals surface area contributed by atoms with E-state index in [1.54, 1.807) is 42.5 Å². The van der Waals surface area contributed by atoms with E-state index in [9.17, 15) is 4.79 Å². The van der Waals surface area contributed by atoms with E-state index >= 15 is 0 Å². The van der Waals surface area contributed by atoms with Gasteiger partial charge in [0.05, 0.1) is 31.6 Å². The zero-order valence-corrected chi connectivity index (χ0v) is 21.2. The first-order chi connectivity index (χ1) is 16.9. The van der Waals surface area contributed by atoms with Crippen molar-refractivity contribution in [3.8, 4) is 23.0 Å². The maximum absolute atomic E-state index is 12.5. The fraction of sp³-hybridized carbons (Fsp3) is 0.231. The average Bonchev–Trinajstić information content (AvgIpc) is 2.85. The number of amides is 1. The quantitative estimate of drug-likeness (QED) is 0.244. The second-order valence-corrected chi connectivity index (χ2v) is 8.02. The molecule has 9 heteroatoms. The molecule has 0 aliphatic heterocycles. The number of hydrogen-bond acceptors (Lipinski definition) is 6. The van der Waals surface area contributed by atoms with Crippen molar-refractivity contribution >= 4 is 35.3 Å². The third kappa shape index (κ3) is 7.28. The van der Waals surface area contributed by atoms with Crippen molar-refractivity contribution in [3.05, 3.63) is 81.3 Å². The summed E-state index contributed by atoms with van der Waals surface area (Å²) < 4.78 is 22.4. The van der Waals surface area contributed by atoms with Crippen molar-refractivity contribution in [1.82, 2.24) is 5.43 Å². The molecule has 35 heavy (non-hydrogen) atoms. The number of nitrogens with zero attached hydrogens (tertiary/aromatic N) is 1. The highest BCUT2D eigenvalue weighted by molar-refractivity contribution is 6.32. The fourth-order valence-electron chi connectivity index (χ4n) is 3.11. The Hall–Kier alpha value is -3.42. The second kappa shape index (κ2) is 12.9. The molecule has 184 valence electrons. The average molecular weight is 517 g/mol. The van der Waals surface area contributed by atoms with Crippen LogP contribution in [0.3, 0.4) is 0 Å². The van der Waals surface area contributed by atoms with Crippen LogP contribution >= 0.6 is 23.2 Å². The highest BCUT2D eigenvalue weighted by Gasteiger charge is 2.13. The molecule has 0 atom stereocenters. The summed E-state index contributed by atoms with van der Waals surface area (Å²) in [5.74, 6) is 1.52. The van der Waals surface area contributed by atoms with Crippen LogP contribution in [0.2, 0.25) is 10.0 Å². The number of carbonyl (C=O) groups excluding carboxylic acids is 1. The van der Waals surface area contributed by atoms with Crippen LogP contribution in [0, 0.1) is 0 Å². The summed E-state index contributed by atoms with van der Waals surface area (Å²) in [5.41, 5.74) is 4.44. The Balaban J connectivity index is 1.68. The molecule has 0 saturated heterocycles. The molecule has 0 saturated carbocycles. The van der Waals surface area contributed by atoms with Crippen molar-refractivity contribution in [1.29, 1.82) is 0 Å². The van der Waals surface area contributed by atoms with E-state index in [4.69, 9.17) is 42.1 Å². The molecule has 1 N–H and O–H groups in total. The lowest BCUT2D eigenvalue weighted by atomic mass is 10.2. The summed E-state index contributed by atoms with van der Waals surface area (Å²) in [6.45, 7) is 4.98. The number of nitrogens with one attached hydrogen (secondary N) is 1. The molecule has 0 aromatic heterocycles. The summed E-state index contributed by atoms with van der Waals surface area (Å²) in [4.78, 5) is 12.5. The number of hydrogen-bond donors (Lipinski definition) is 1. The lowest BCUT2D eigenvalue weighted by Gasteiger charge is -2.13. The van der Waals surface area contributed by atoms with Crippen LogP contribution in [-0.4, -0.2) is 32.4 Å². The Morgan fingerprint density at radius 3 is 2.31 bits per heavy atom. The fourth-order valence-corrected chi connectivity index (χ4v) is 3.51. The molecule has 3 aromatic rings. The van der Waals surface area contributed by atoms with Crippen molar-refractivity contribution in [2.75, 3.05) is 20.3 Å². The van der Waals surface area contributed by atoms with E-state index < -0.39 is 5.91 Å². The molecule has 0 aliphatic rings. The molecule has 0 spiro atoms. The van der Waals surface area contributed by atoms with E-state index in [2.05, 4.69) is 10.5 Å². The molecule has 0 aliphatic carbocycles. The highest BCUT2D eigenvalue weighted by atomic mass is 35.5. The van der Waals surface area contributed by atoms with Gasteiger partial charge in [0.25, 0.3) is 5.91 Å². The van der Waals surface area contributed by atoms with Crippen LogP contribution in [-0.2, 0) is 6.61 Å². The predicted octanol–water partition coefficient (Wildman–Crippen LogP) is 6.14. The van der Waals surface area contributed by atoms with Gasteiger partial charge in [-0.1, -0.05) is 35.3 Å². The molecule has 1 amide bonds. The summed E-state index contributed by atoms with van der Waals surface area (Å²) >= 11 is 12.4. The van der Waals surface area contributed by atoms with Crippen molar-refractivity contribution < 1.29 is 23.7 Å². The normalized spacial score (nSPS) is 10.8. The second-order valence-electron chi connectivity index (χ2n) is 7.18. The largest absolute Gasteiger partial charge is 0.493 e. The van der Waals surface area contributed by atoms with Crippen LogP contribution in [0.5, 0.6) is 23.0 Å². The molecule has 3 rings (SSSR count). The van der Waals surface area contributed by atoms with Gasteiger partial charge in [0, 0.05) is 10.6 Å². The minimum absolute atomic E-state index is 0.294. The molecular formula is C26H26Cl2N2O5. The van der Waals surface area contributed by atoms with E-state index in [1.807, 2.05) is 26.0 Å². The number of carbonyl (C=O) groups is 1. The Morgan fingerprint density at radius 2 is 1.63 bits per heavy atom. The van der Waals surface area contributed by atoms with Crippen LogP contribution < -0.4 is 24.4 Å². The molecule has 3 aromatic carbocycles. The lowest BCUT2D eigenvalue weighted by molar-refractivity contribution is 0.0954. The van der Waals surface area contributed by atoms with Gasteiger partial charge in [0.2, 0.25) is 0 Å². The highest BCUT2D eigenvalue weighted by Crippen LogP contribution is 2.36. The van der Waals surface area contributed by atoms with Gasteiger partial charge in [0.1, 0.15) is 6.61 Å². The maximum Gasteiger partial charge on any atom is 0.271 e. The SMILES string of the molecule is CCOc1ccc(C(=O)N/N=C/c2cc(Cl)c(OCc3ccc(Cl)cc3)c(OC)c2)cc1OCC. The van der Waals surface area contributed by atoms with E-state index in [0.717, 1.165) is 5.56 Å². The first-order valence-corrected chi connectivity index (χ1v) is 11.7. The van der Waals surface area contributed by atoms with Crippen molar-refractivity contribution in [2.45, 2.75) is 20.5 Å². The predicted molar refractivity (Wildman–Crippen MR) is 138 cm³/mol. The van der Waals surface area contributed by atoms with Gasteiger partial charge < -0.3 is 18.9 Å². The number of methoxy groups -OCH3 is 1. The monoisotopic (exact) mass is 516 g/mol. The van der Waals surface area contributed by atoms with Gasteiger partial charge in [-0.25, -0.2) is 5.43 Å². The lowest BCUT2D eigenvalue weighted by Crippen LogP contribution is -2.17. The van der Waals surface area contributed by atoms with Crippen LogP contribution in [0.1, 0.15) is 35.3 Å². The molecule has 7 nitrogen and oxygen atoms in total. The van der Waals surface area contributed by atoms with Gasteiger partial charge in [-0.2, -0.15) is 5.10 Å². The summed E-state index contributed by atoms with van der Waals surface area (Å²) in [6, 6.07) is 15.7. The summed E-state index contributed by atoms with van der Waals surface area (Å²) in [5, 5.41) is 5.03. The summed E-state index contributed by atoms with van der Waals surface area (Å²) in [6.07, 6.45) is 1.47. The molecule has 0 bridgehead atoms. The van der Waals surface area contributed by atoms with Gasteiger partial charge in [-0.05, 0) is 67.4 Å². The number of halogens is 2. The Labute approximate surface area is 214 Å². The third-order valence-corrected chi connectivity index (χ3v) is 5.27. The molecule has 0 radical (unpaired) electrons. The third-order valence-electron chi connectivity index (χ3n) is 4.73. The Morgan fingerprint density at radius 1 is 0.914 bits per heavy atom. The standard InChI is InChI=1S/C26H26Cl2N2O5/c1-4-33-22-11-8-19(14-23(22)34-5-2)26(31)30-29-15-18-12-21(28)25(24(13-18)32-3)35-16-17-6-9-20(27)10-7-17/h6-15H,4-5,16H2,1-3H3,(H,30,31)/b29-15+. The Bertz CT molecular complexity index is 1180. The maximum atomic E-state index is 12.5. The van der Waals surface area contributed by atoms with E-state index in [0.29, 0.717) is 64.0 Å². The van der Waals surface area contributed by atoms with Gasteiger partial charge in [-0.3, -0.25) is 4.79 Å². The van der Waals surface area contributed by atoms with Gasteiger partial charge in [-0.15, -0.1) is 0 Å². The number of ether oxygens (including phenoxy) is 4. The molecular weight excluding hydrogens is 491 g/mol. The number of hydrazone groups is 1. The topological polar surface area (TPSA) is 78.4 Å². The molecule has 0 heterocycles. The van der Waals surface area contributed by atoms with E-state index in [-0.39, 0.29) is 0 Å². The van der Waals surface area contributed by atoms with Crippen LogP contribution in [0.4, 0.5) is 0 Å². The first kappa shape index (κ1) is 26.2. The minimum Gasteiger partial charge on any atom is -0.493 e.